The van der Waals surface area contributed by atoms with Crippen molar-refractivity contribution in [2.24, 2.45) is 5.92 Å². The van der Waals surface area contributed by atoms with Crippen molar-refractivity contribution in [3.05, 3.63) is 29.8 Å². The van der Waals surface area contributed by atoms with Gasteiger partial charge in [0.15, 0.2) is 0 Å². The summed E-state index contributed by atoms with van der Waals surface area (Å²) >= 11 is 0. The van der Waals surface area contributed by atoms with E-state index in [4.69, 9.17) is 9.47 Å². The zero-order valence-corrected chi connectivity index (χ0v) is 17.4. The van der Waals surface area contributed by atoms with Gasteiger partial charge in [0.25, 0.3) is 5.91 Å². The molecule has 2 bridgehead atoms. The van der Waals surface area contributed by atoms with E-state index in [2.05, 4.69) is 38.0 Å². The van der Waals surface area contributed by atoms with Crippen LogP contribution in [0.25, 0.3) is 0 Å². The molecule has 2 saturated heterocycles. The van der Waals surface area contributed by atoms with Gasteiger partial charge in [0.2, 0.25) is 0 Å². The Hall–Kier alpha value is -1.59. The number of rotatable bonds is 7. The summed E-state index contributed by atoms with van der Waals surface area (Å²) in [6, 6.07) is 7.21. The molecule has 150 valence electrons. The highest BCUT2D eigenvalue weighted by atomic mass is 16.5. The summed E-state index contributed by atoms with van der Waals surface area (Å²) in [7, 11) is 3.86. The van der Waals surface area contributed by atoms with Crippen molar-refractivity contribution in [3.8, 4) is 5.75 Å². The van der Waals surface area contributed by atoms with Crippen LogP contribution in [0.1, 0.15) is 56.8 Å². The van der Waals surface area contributed by atoms with Crippen molar-refractivity contribution in [3.63, 3.8) is 0 Å². The Morgan fingerprint density at radius 2 is 2.11 bits per heavy atom. The van der Waals surface area contributed by atoms with Gasteiger partial charge in [-0.15, -0.1) is 0 Å². The molecule has 1 aromatic rings. The van der Waals surface area contributed by atoms with E-state index in [1.807, 2.05) is 12.1 Å². The molecule has 3 aliphatic rings. The van der Waals surface area contributed by atoms with Gasteiger partial charge in [0.1, 0.15) is 5.75 Å². The molecule has 3 fully saturated rings. The van der Waals surface area contributed by atoms with Crippen LogP contribution >= 0.6 is 0 Å². The highest BCUT2D eigenvalue weighted by Gasteiger charge is 2.56. The summed E-state index contributed by atoms with van der Waals surface area (Å²) in [5, 5.41) is 2.97. The number of nitrogens with zero attached hydrogens (tertiary/aromatic N) is 1. The van der Waals surface area contributed by atoms with E-state index >= 15 is 0 Å². The number of nitrogens with one attached hydrogen (secondary N) is 1. The number of fused-ring (bicyclic) bond motifs is 3. The third-order valence-electron chi connectivity index (χ3n) is 6.94. The molecule has 0 aromatic heterocycles. The van der Waals surface area contributed by atoms with E-state index in [1.54, 1.807) is 19.2 Å². The molecule has 0 spiro atoms. The minimum absolute atomic E-state index is 0.0686. The molecule has 5 nitrogen and oxygen atoms in total. The summed E-state index contributed by atoms with van der Waals surface area (Å²) in [5.41, 5.74) is 1.04. The smallest absolute Gasteiger partial charge is 0.251 e. The maximum atomic E-state index is 12.2. The monoisotopic (exact) mass is 374 g/mol. The molecule has 2 heterocycles. The SMILES string of the molecule is COc1cccc(C(=O)NCCCO[C@@H]2C[C@]3(C)CC[C@H]2C(C)(C)N3C)c1. The number of piperidine rings is 2. The molecule has 4 rings (SSSR count). The Bertz CT molecular complexity index is 671. The van der Waals surface area contributed by atoms with Crippen molar-refractivity contribution in [1.82, 2.24) is 10.2 Å². The van der Waals surface area contributed by atoms with Gasteiger partial charge in [-0.3, -0.25) is 9.69 Å². The summed E-state index contributed by atoms with van der Waals surface area (Å²) in [5.74, 6) is 1.20. The van der Waals surface area contributed by atoms with E-state index in [1.165, 1.54) is 12.8 Å². The highest BCUT2D eigenvalue weighted by molar-refractivity contribution is 5.94. The van der Waals surface area contributed by atoms with Crippen molar-refractivity contribution in [1.29, 1.82) is 0 Å². The average Bonchev–Trinajstić information content (AvgIpc) is 2.65. The van der Waals surface area contributed by atoms with Crippen molar-refractivity contribution < 1.29 is 14.3 Å². The van der Waals surface area contributed by atoms with Gasteiger partial charge in [-0.1, -0.05) is 6.07 Å². The molecule has 1 saturated carbocycles. The normalized spacial score (nSPS) is 29.5. The molecule has 1 amide bonds. The molecule has 1 N–H and O–H groups in total. The first kappa shape index (κ1) is 20.2. The van der Waals surface area contributed by atoms with Crippen molar-refractivity contribution in [2.75, 3.05) is 27.3 Å². The van der Waals surface area contributed by atoms with E-state index in [0.29, 0.717) is 36.5 Å². The first-order valence-electron chi connectivity index (χ1n) is 10.1. The Morgan fingerprint density at radius 3 is 2.81 bits per heavy atom. The topological polar surface area (TPSA) is 50.8 Å². The van der Waals surface area contributed by atoms with Crippen LogP contribution < -0.4 is 10.1 Å². The Morgan fingerprint density at radius 1 is 1.33 bits per heavy atom. The molecular formula is C22H34N2O3. The summed E-state index contributed by atoms with van der Waals surface area (Å²) in [6.45, 7) is 8.37. The van der Waals surface area contributed by atoms with Crippen molar-refractivity contribution in [2.45, 2.75) is 63.6 Å². The molecule has 5 heteroatoms. The number of ether oxygens (including phenoxy) is 2. The second-order valence-corrected chi connectivity index (χ2v) is 8.81. The van der Waals surface area contributed by atoms with Gasteiger partial charge in [-0.2, -0.15) is 0 Å². The predicted octanol–water partition coefficient (Wildman–Crippen LogP) is 3.48. The lowest BCUT2D eigenvalue weighted by Gasteiger charge is -2.63. The lowest BCUT2D eigenvalue weighted by atomic mass is 9.61. The largest absolute Gasteiger partial charge is 0.497 e. The fourth-order valence-electron chi connectivity index (χ4n) is 4.94. The third kappa shape index (κ3) is 3.99. The van der Waals surface area contributed by atoms with E-state index < -0.39 is 0 Å². The predicted molar refractivity (Wildman–Crippen MR) is 107 cm³/mol. The quantitative estimate of drug-likeness (QED) is 0.743. The Balaban J connectivity index is 1.44. The molecule has 1 aliphatic carbocycles. The maximum absolute atomic E-state index is 12.2. The molecule has 3 atom stereocenters. The average molecular weight is 375 g/mol. The van der Waals surface area contributed by atoms with Gasteiger partial charge in [0.05, 0.1) is 13.2 Å². The molecular weight excluding hydrogens is 340 g/mol. The first-order valence-corrected chi connectivity index (χ1v) is 10.1. The zero-order chi connectivity index (χ0) is 19.7. The van der Waals surface area contributed by atoms with Gasteiger partial charge < -0.3 is 14.8 Å². The molecule has 0 unspecified atom stereocenters. The fraction of sp³-hybridized carbons (Fsp3) is 0.682. The molecule has 1 aromatic carbocycles. The van der Waals surface area contributed by atoms with Crippen molar-refractivity contribution >= 4 is 5.91 Å². The highest BCUT2D eigenvalue weighted by Crippen LogP contribution is 2.51. The van der Waals surface area contributed by atoms with Crippen LogP contribution in [-0.2, 0) is 4.74 Å². The molecule has 0 radical (unpaired) electrons. The summed E-state index contributed by atoms with van der Waals surface area (Å²) in [6.07, 6.45) is 4.75. The number of methoxy groups -OCH3 is 1. The van der Waals surface area contributed by atoms with E-state index in [0.717, 1.165) is 12.8 Å². The number of benzene rings is 1. The van der Waals surface area contributed by atoms with Crippen LogP contribution in [0.15, 0.2) is 24.3 Å². The van der Waals surface area contributed by atoms with E-state index in [9.17, 15) is 4.79 Å². The lowest BCUT2D eigenvalue weighted by molar-refractivity contribution is -0.178. The second kappa shape index (κ2) is 7.80. The number of hydrogen-bond donors (Lipinski definition) is 1. The molecule has 2 aliphatic heterocycles. The Labute approximate surface area is 163 Å². The maximum Gasteiger partial charge on any atom is 0.251 e. The standard InChI is InChI=1S/C22H34N2O3/c1-21(2)18-10-11-22(3,24(21)4)15-19(18)27-13-7-12-23-20(25)16-8-6-9-17(14-16)26-5/h6,8-9,14,18-19H,7,10-13,15H2,1-5H3,(H,23,25)/t18-,19-,22+/m1/s1. The van der Waals surface area contributed by atoms with Gasteiger partial charge in [0, 0.05) is 35.7 Å². The summed E-state index contributed by atoms with van der Waals surface area (Å²) < 4.78 is 11.5. The van der Waals surface area contributed by atoms with Crippen LogP contribution in [-0.4, -0.2) is 55.3 Å². The van der Waals surface area contributed by atoms with Crippen LogP contribution in [0.4, 0.5) is 0 Å². The number of hydrogen-bond acceptors (Lipinski definition) is 4. The summed E-state index contributed by atoms with van der Waals surface area (Å²) in [4.78, 5) is 14.8. The zero-order valence-electron chi connectivity index (χ0n) is 17.4. The van der Waals surface area contributed by atoms with Crippen LogP contribution in [0.3, 0.4) is 0 Å². The van der Waals surface area contributed by atoms with Crippen LogP contribution in [0.2, 0.25) is 0 Å². The van der Waals surface area contributed by atoms with Gasteiger partial charge in [-0.05, 0) is 71.7 Å². The Kier molecular flexibility index (Phi) is 5.82. The van der Waals surface area contributed by atoms with E-state index in [-0.39, 0.29) is 17.0 Å². The first-order chi connectivity index (χ1) is 12.8. The second-order valence-electron chi connectivity index (χ2n) is 8.81. The number of amides is 1. The number of carbonyl (C=O) groups excluding carboxylic acids is 1. The fourth-order valence-corrected chi connectivity index (χ4v) is 4.94. The lowest BCUT2D eigenvalue weighted by Crippen LogP contribution is -2.70. The minimum Gasteiger partial charge on any atom is -0.497 e. The van der Waals surface area contributed by atoms with Gasteiger partial charge >= 0.3 is 0 Å². The van der Waals surface area contributed by atoms with Crippen LogP contribution in [0, 0.1) is 5.92 Å². The minimum atomic E-state index is -0.0686. The van der Waals surface area contributed by atoms with Crippen LogP contribution in [0.5, 0.6) is 5.75 Å². The third-order valence-corrected chi connectivity index (χ3v) is 6.94. The number of carbonyl (C=O) groups is 1. The molecule has 27 heavy (non-hydrogen) atoms. The van der Waals surface area contributed by atoms with Gasteiger partial charge in [-0.25, -0.2) is 0 Å².